The van der Waals surface area contributed by atoms with Crippen molar-refractivity contribution in [2.75, 3.05) is 0 Å². The van der Waals surface area contributed by atoms with Crippen molar-refractivity contribution in [3.05, 3.63) is 247 Å². The van der Waals surface area contributed by atoms with Gasteiger partial charge in [-0.3, -0.25) is 0 Å². The lowest BCUT2D eigenvalue weighted by Gasteiger charge is -2.40. The monoisotopic (exact) mass is 831 g/mol. The Morgan fingerprint density at radius 1 is 0.344 bits per heavy atom. The van der Waals surface area contributed by atoms with Crippen LogP contribution in [0.2, 0.25) is 0 Å². The topological polar surface area (TPSA) is 38.7 Å². The fourth-order valence-electron chi connectivity index (χ4n) is 10.3. The van der Waals surface area contributed by atoms with Crippen LogP contribution in [0.5, 0.6) is 0 Å². The van der Waals surface area contributed by atoms with Gasteiger partial charge in [-0.1, -0.05) is 218 Å². The van der Waals surface area contributed by atoms with Crippen molar-refractivity contribution in [2.24, 2.45) is 0 Å². The third-order valence-electron chi connectivity index (χ3n) is 13.2. The van der Waals surface area contributed by atoms with E-state index in [9.17, 15) is 0 Å². The number of hydrogen-bond donors (Lipinski definition) is 0. The molecule has 9 aromatic carbocycles. The molecule has 3 nitrogen and oxygen atoms in total. The van der Waals surface area contributed by atoms with Gasteiger partial charge in [0.15, 0.2) is 5.82 Å². The molecular formula is C60H37N3S. The molecule has 298 valence electrons. The first-order valence-electron chi connectivity index (χ1n) is 21.8. The molecular weight excluding hydrogens is 795 g/mol. The van der Waals surface area contributed by atoms with Crippen molar-refractivity contribution < 1.29 is 0 Å². The van der Waals surface area contributed by atoms with Crippen molar-refractivity contribution in [3.63, 3.8) is 0 Å². The average Bonchev–Trinajstić information content (AvgIpc) is 3.67. The maximum Gasteiger partial charge on any atom is 0.160 e. The highest BCUT2D eigenvalue weighted by Gasteiger charge is 2.50. The highest BCUT2D eigenvalue weighted by atomic mass is 32.2. The smallest absolute Gasteiger partial charge is 0.160 e. The van der Waals surface area contributed by atoms with Crippen molar-refractivity contribution in [1.82, 2.24) is 15.0 Å². The molecule has 0 saturated carbocycles. The first-order chi connectivity index (χ1) is 31.7. The Morgan fingerprint density at radius 3 is 1.55 bits per heavy atom. The lowest BCUT2D eigenvalue weighted by molar-refractivity contribution is 0.726. The zero-order valence-electron chi connectivity index (χ0n) is 34.6. The van der Waals surface area contributed by atoms with E-state index in [0.29, 0.717) is 5.82 Å². The highest BCUT2D eigenvalue weighted by Crippen LogP contribution is 2.63. The van der Waals surface area contributed by atoms with E-state index in [0.717, 1.165) is 55.6 Å². The van der Waals surface area contributed by atoms with Gasteiger partial charge < -0.3 is 0 Å². The van der Waals surface area contributed by atoms with Crippen LogP contribution in [0.3, 0.4) is 0 Å². The van der Waals surface area contributed by atoms with Crippen LogP contribution in [0, 0.1) is 0 Å². The van der Waals surface area contributed by atoms with Gasteiger partial charge in [0.25, 0.3) is 0 Å². The summed E-state index contributed by atoms with van der Waals surface area (Å²) in [4.78, 5) is 18.5. The number of fused-ring (bicyclic) bond motifs is 13. The van der Waals surface area contributed by atoms with Gasteiger partial charge >= 0.3 is 0 Å². The van der Waals surface area contributed by atoms with E-state index in [1.807, 2.05) is 30.0 Å². The molecule has 11 aromatic rings. The number of rotatable bonds is 5. The van der Waals surface area contributed by atoms with Gasteiger partial charge in [-0.15, -0.1) is 0 Å². The summed E-state index contributed by atoms with van der Waals surface area (Å²) >= 11 is 1.89. The lowest BCUT2D eigenvalue weighted by Crippen LogP contribution is -2.32. The number of aromatic nitrogens is 3. The number of pyridine rings is 1. The SMILES string of the molecule is c1ccc(-c2ccc(-c3cc(-c4ccc5c(c4)nc(-c4ccccc4)c4ccc6c(c45)Sc4ccccc4C64c5ccccc5-c5ccccc54)nc(-c4ccccc4)n3)cc2)cc1. The number of nitrogens with zero attached hydrogens (tertiary/aromatic N) is 3. The number of hydrogen-bond acceptors (Lipinski definition) is 4. The molecule has 0 atom stereocenters. The summed E-state index contributed by atoms with van der Waals surface area (Å²) in [7, 11) is 0. The summed E-state index contributed by atoms with van der Waals surface area (Å²) in [5.74, 6) is 0.684. The van der Waals surface area contributed by atoms with Gasteiger partial charge in [-0.05, 0) is 62.7 Å². The zero-order valence-corrected chi connectivity index (χ0v) is 35.4. The van der Waals surface area contributed by atoms with Crippen LogP contribution in [0.25, 0.3) is 89.1 Å². The Labute approximate surface area is 375 Å². The van der Waals surface area contributed by atoms with Crippen LogP contribution in [-0.2, 0) is 5.41 Å². The van der Waals surface area contributed by atoms with E-state index in [1.54, 1.807) is 0 Å². The van der Waals surface area contributed by atoms with Gasteiger partial charge in [-0.25, -0.2) is 15.0 Å². The fourth-order valence-corrected chi connectivity index (χ4v) is 11.7. The van der Waals surface area contributed by atoms with Crippen molar-refractivity contribution in [1.29, 1.82) is 0 Å². The summed E-state index contributed by atoms with van der Waals surface area (Å²) in [6.07, 6.45) is 0. The minimum Gasteiger partial charge on any atom is -0.247 e. The summed E-state index contributed by atoms with van der Waals surface area (Å²) in [5, 5.41) is 3.48. The van der Waals surface area contributed by atoms with Crippen LogP contribution < -0.4 is 0 Å². The number of benzene rings is 9. The second-order valence-electron chi connectivity index (χ2n) is 16.6. The van der Waals surface area contributed by atoms with E-state index >= 15 is 0 Å². The lowest BCUT2D eigenvalue weighted by atomic mass is 9.67. The van der Waals surface area contributed by atoms with Gasteiger partial charge in [0, 0.05) is 48.2 Å². The molecule has 0 N–H and O–H groups in total. The third kappa shape index (κ3) is 5.59. The predicted octanol–water partition coefficient (Wildman–Crippen LogP) is 15.3. The normalized spacial score (nSPS) is 13.1. The average molecular weight is 832 g/mol. The molecule has 64 heavy (non-hydrogen) atoms. The van der Waals surface area contributed by atoms with Gasteiger partial charge in [-0.2, -0.15) is 0 Å². The molecule has 0 fully saturated rings. The van der Waals surface area contributed by atoms with E-state index in [4.69, 9.17) is 15.0 Å². The Balaban J connectivity index is 1.06. The first-order valence-corrected chi connectivity index (χ1v) is 22.6. The van der Waals surface area contributed by atoms with E-state index < -0.39 is 5.41 Å². The van der Waals surface area contributed by atoms with Gasteiger partial charge in [0.1, 0.15) is 0 Å². The molecule has 3 heterocycles. The Hall–Kier alpha value is -7.92. The van der Waals surface area contributed by atoms with E-state index in [-0.39, 0.29) is 0 Å². The highest BCUT2D eigenvalue weighted by molar-refractivity contribution is 7.99. The molecule has 0 radical (unpaired) electrons. The zero-order chi connectivity index (χ0) is 42.2. The quantitative estimate of drug-likeness (QED) is 0.162. The summed E-state index contributed by atoms with van der Waals surface area (Å²) in [6.45, 7) is 0. The van der Waals surface area contributed by atoms with Crippen LogP contribution in [0.15, 0.2) is 234 Å². The molecule has 13 rings (SSSR count). The Morgan fingerprint density at radius 2 is 0.859 bits per heavy atom. The molecule has 0 unspecified atom stereocenters. The minimum atomic E-state index is -0.481. The fraction of sp³-hybridized carbons (Fsp3) is 0.0167. The largest absolute Gasteiger partial charge is 0.247 e. The summed E-state index contributed by atoms with van der Waals surface area (Å²) < 4.78 is 0. The molecule has 2 aliphatic rings. The van der Waals surface area contributed by atoms with Crippen LogP contribution in [0.4, 0.5) is 0 Å². The standard InChI is InChI=1S/C60H37N3S/c1-4-16-38(17-5-1)39-28-30-40(31-29-39)52-37-53(63-59(62-52)42-20-8-3-9-21-42)43-32-33-46-54(36-43)61-57(41-18-6-2-7-19-41)47-34-35-51-58(56(46)47)64-55-27-15-14-26-50(55)60(51)48-24-12-10-22-44(48)45-23-11-13-25-49(45)60/h1-37H. The Bertz CT molecular complexity index is 3580. The maximum absolute atomic E-state index is 5.56. The second-order valence-corrected chi connectivity index (χ2v) is 17.7. The van der Waals surface area contributed by atoms with Crippen LogP contribution in [0.1, 0.15) is 22.3 Å². The predicted molar refractivity (Wildman–Crippen MR) is 263 cm³/mol. The molecule has 1 aliphatic carbocycles. The van der Waals surface area contributed by atoms with E-state index in [2.05, 4.69) is 206 Å². The molecule has 1 spiro atoms. The second kappa shape index (κ2) is 14.6. The van der Waals surface area contributed by atoms with Gasteiger partial charge in [0.05, 0.1) is 28.0 Å². The van der Waals surface area contributed by atoms with Crippen molar-refractivity contribution >= 4 is 33.4 Å². The minimum absolute atomic E-state index is 0.481. The molecule has 0 saturated heterocycles. The summed E-state index contributed by atoms with van der Waals surface area (Å²) in [5.41, 5.74) is 17.4. The third-order valence-corrected chi connectivity index (χ3v) is 14.4. The van der Waals surface area contributed by atoms with Crippen LogP contribution in [-0.4, -0.2) is 15.0 Å². The molecule has 2 aromatic heterocycles. The van der Waals surface area contributed by atoms with Crippen molar-refractivity contribution in [2.45, 2.75) is 15.2 Å². The van der Waals surface area contributed by atoms with E-state index in [1.165, 1.54) is 59.7 Å². The molecule has 0 bridgehead atoms. The van der Waals surface area contributed by atoms with Gasteiger partial charge in [0.2, 0.25) is 0 Å². The molecule has 1 aliphatic heterocycles. The summed E-state index contributed by atoms with van der Waals surface area (Å²) in [6, 6.07) is 80.7. The Kier molecular flexibility index (Phi) is 8.37. The maximum atomic E-state index is 5.56. The first kappa shape index (κ1) is 36.7. The molecule has 4 heteroatoms. The molecule has 0 amide bonds. The van der Waals surface area contributed by atoms with Crippen LogP contribution >= 0.6 is 11.8 Å². The van der Waals surface area contributed by atoms with Crippen molar-refractivity contribution in [3.8, 4) is 67.4 Å².